The number of carbonyl (C=O) groups is 3. The zero-order valence-corrected chi connectivity index (χ0v) is 18.4. The van der Waals surface area contributed by atoms with Crippen LogP contribution in [0.3, 0.4) is 0 Å². The van der Waals surface area contributed by atoms with E-state index < -0.39 is 49.8 Å². The maximum Gasteiger partial charge on any atom is 0.328 e. The fourth-order valence-electron chi connectivity index (χ4n) is 4.22. The van der Waals surface area contributed by atoms with Gasteiger partial charge in [-0.2, -0.15) is 0 Å². The summed E-state index contributed by atoms with van der Waals surface area (Å²) in [5.74, 6) is -3.41. The lowest BCUT2D eigenvalue weighted by molar-refractivity contribution is -0.168. The minimum Gasteiger partial charge on any atom is -0.480 e. The number of fused-ring (bicyclic) bond motifs is 1. The zero-order chi connectivity index (χ0) is 21.8. The first-order chi connectivity index (χ1) is 13.6. The fraction of sp³-hybridized carbons (Fsp3) is 0.850. The Hall–Kier alpha value is -1.64. The smallest absolute Gasteiger partial charge is 0.328 e. The number of ether oxygens (including phenoxy) is 1. The molecule has 2 heterocycles. The Morgan fingerprint density at radius 2 is 1.62 bits per heavy atom. The lowest BCUT2D eigenvalue weighted by Crippen LogP contribution is -2.64. The summed E-state index contributed by atoms with van der Waals surface area (Å²) in [6.07, 6.45) is 9.02. The molecular weight excluding hydrogens is 398 g/mol. The van der Waals surface area contributed by atoms with Crippen LogP contribution in [0.5, 0.6) is 0 Å². The Kier molecular flexibility index (Phi) is 7.70. The average molecular weight is 432 g/mol. The van der Waals surface area contributed by atoms with Gasteiger partial charge in [0.2, 0.25) is 5.91 Å². The number of esters is 1. The van der Waals surface area contributed by atoms with Crippen molar-refractivity contribution in [2.24, 2.45) is 5.92 Å². The number of carboxylic acids is 1. The van der Waals surface area contributed by atoms with E-state index in [0.29, 0.717) is 6.42 Å². The number of carbonyl (C=O) groups excluding carboxylic acids is 2. The van der Waals surface area contributed by atoms with Crippen molar-refractivity contribution in [3.63, 3.8) is 0 Å². The van der Waals surface area contributed by atoms with Gasteiger partial charge in [0, 0.05) is 6.42 Å². The molecule has 0 unspecified atom stereocenters. The molecule has 0 bridgehead atoms. The van der Waals surface area contributed by atoms with Crippen molar-refractivity contribution in [2.75, 3.05) is 6.61 Å². The molecule has 2 aliphatic rings. The highest BCUT2D eigenvalue weighted by Gasteiger charge is 2.72. The monoisotopic (exact) mass is 431 g/mol. The molecule has 1 amide bonds. The predicted octanol–water partition coefficient (Wildman–Crippen LogP) is 2.51. The van der Waals surface area contributed by atoms with Crippen LogP contribution in [-0.2, 0) is 29.0 Å². The van der Waals surface area contributed by atoms with Crippen molar-refractivity contribution >= 4 is 27.7 Å². The fourth-order valence-corrected chi connectivity index (χ4v) is 6.52. The lowest BCUT2D eigenvalue weighted by atomic mass is 9.92. The largest absolute Gasteiger partial charge is 0.480 e. The number of β-lactam (4-membered cyclic amide) rings is 1. The highest BCUT2D eigenvalue weighted by Crippen LogP contribution is 2.48. The summed E-state index contributed by atoms with van der Waals surface area (Å²) in [6, 6.07) is -1.42. The van der Waals surface area contributed by atoms with E-state index >= 15 is 0 Å². The number of sulfone groups is 1. The molecule has 166 valence electrons. The number of amides is 1. The maximum absolute atomic E-state index is 12.7. The van der Waals surface area contributed by atoms with Crippen LogP contribution in [0.2, 0.25) is 0 Å². The van der Waals surface area contributed by atoms with Crippen LogP contribution < -0.4 is 0 Å². The first-order valence-corrected chi connectivity index (χ1v) is 12.1. The van der Waals surface area contributed by atoms with Gasteiger partial charge < -0.3 is 14.7 Å². The van der Waals surface area contributed by atoms with Gasteiger partial charge in [-0.05, 0) is 20.3 Å². The summed E-state index contributed by atoms with van der Waals surface area (Å²) in [5.41, 5.74) is 0. The van der Waals surface area contributed by atoms with Crippen LogP contribution in [0.25, 0.3) is 0 Å². The highest BCUT2D eigenvalue weighted by molar-refractivity contribution is 7.93. The molecule has 29 heavy (non-hydrogen) atoms. The molecule has 2 fully saturated rings. The molecule has 0 aromatic carbocycles. The minimum atomic E-state index is -3.89. The van der Waals surface area contributed by atoms with Gasteiger partial charge in [0.1, 0.15) is 18.6 Å². The molecule has 2 aliphatic heterocycles. The molecular formula is C20H33NO7S. The summed E-state index contributed by atoms with van der Waals surface area (Å²) >= 11 is 0. The molecule has 0 aromatic rings. The topological polar surface area (TPSA) is 118 Å². The number of aliphatic carboxylic acids is 1. The maximum atomic E-state index is 12.7. The Labute approximate surface area is 172 Å². The van der Waals surface area contributed by atoms with Crippen molar-refractivity contribution in [2.45, 2.75) is 94.7 Å². The van der Waals surface area contributed by atoms with Gasteiger partial charge in [0.15, 0.2) is 15.2 Å². The quantitative estimate of drug-likeness (QED) is 0.286. The predicted molar refractivity (Wildman–Crippen MR) is 107 cm³/mol. The molecule has 3 atom stereocenters. The Morgan fingerprint density at radius 3 is 2.17 bits per heavy atom. The second-order valence-corrected chi connectivity index (χ2v) is 11.2. The summed E-state index contributed by atoms with van der Waals surface area (Å²) in [7, 11) is -3.89. The summed E-state index contributed by atoms with van der Waals surface area (Å²) in [6.45, 7) is 4.49. The standard InChI is InChI=1S/C20H33NO7S/c1-4-5-6-7-8-9-10-11-12-15(22)28-13-14-17(23)21-16(19(24)25)20(2,3)29(26,27)18(14)21/h14,16,18H,4-13H2,1-3H3,(H,24,25)/t14-,16-,18+/m0/s1. The molecule has 8 nitrogen and oxygen atoms in total. The van der Waals surface area contributed by atoms with E-state index in [1.807, 2.05) is 0 Å². The second kappa shape index (κ2) is 9.45. The number of carboxylic acid groups (broad SMARTS) is 1. The van der Waals surface area contributed by atoms with Crippen LogP contribution in [-0.4, -0.2) is 59.0 Å². The number of nitrogens with zero attached hydrogens (tertiary/aromatic N) is 1. The highest BCUT2D eigenvalue weighted by atomic mass is 32.2. The minimum absolute atomic E-state index is 0.236. The van der Waals surface area contributed by atoms with E-state index in [0.717, 1.165) is 24.2 Å². The molecule has 2 saturated heterocycles. The third-order valence-electron chi connectivity index (χ3n) is 6.07. The summed E-state index contributed by atoms with van der Waals surface area (Å²) in [4.78, 5) is 36.7. The van der Waals surface area contributed by atoms with Crippen LogP contribution >= 0.6 is 0 Å². The second-order valence-electron chi connectivity index (χ2n) is 8.54. The third-order valence-corrected chi connectivity index (χ3v) is 8.95. The van der Waals surface area contributed by atoms with E-state index in [-0.39, 0.29) is 13.0 Å². The normalized spacial score (nSPS) is 26.7. The molecule has 0 spiro atoms. The van der Waals surface area contributed by atoms with Crippen LogP contribution in [0.1, 0.15) is 78.6 Å². The summed E-state index contributed by atoms with van der Waals surface area (Å²) < 4.78 is 29.0. The van der Waals surface area contributed by atoms with Gasteiger partial charge in [-0.25, -0.2) is 13.2 Å². The Bertz CT molecular complexity index is 731. The molecule has 0 radical (unpaired) electrons. The van der Waals surface area contributed by atoms with E-state index in [4.69, 9.17) is 4.74 Å². The Balaban J connectivity index is 1.77. The van der Waals surface area contributed by atoms with Crippen LogP contribution in [0.15, 0.2) is 0 Å². The van der Waals surface area contributed by atoms with E-state index in [2.05, 4.69) is 6.92 Å². The van der Waals surface area contributed by atoms with Gasteiger partial charge in [-0.15, -0.1) is 0 Å². The van der Waals surface area contributed by atoms with E-state index in [1.54, 1.807) is 0 Å². The zero-order valence-electron chi connectivity index (χ0n) is 17.6. The van der Waals surface area contributed by atoms with Crippen molar-refractivity contribution in [3.8, 4) is 0 Å². The van der Waals surface area contributed by atoms with Crippen LogP contribution in [0.4, 0.5) is 0 Å². The first-order valence-electron chi connectivity index (χ1n) is 10.5. The Morgan fingerprint density at radius 1 is 1.07 bits per heavy atom. The lowest BCUT2D eigenvalue weighted by Gasteiger charge is -2.42. The number of unbranched alkanes of at least 4 members (excludes halogenated alkanes) is 7. The van der Waals surface area contributed by atoms with Gasteiger partial charge >= 0.3 is 11.9 Å². The van der Waals surface area contributed by atoms with Gasteiger partial charge in [-0.1, -0.05) is 51.9 Å². The van der Waals surface area contributed by atoms with Gasteiger partial charge in [0.05, 0.1) is 4.75 Å². The van der Waals surface area contributed by atoms with Crippen molar-refractivity contribution in [1.29, 1.82) is 0 Å². The van der Waals surface area contributed by atoms with E-state index in [1.165, 1.54) is 39.5 Å². The van der Waals surface area contributed by atoms with Crippen molar-refractivity contribution in [3.05, 3.63) is 0 Å². The average Bonchev–Trinajstić information content (AvgIpc) is 2.78. The van der Waals surface area contributed by atoms with Crippen molar-refractivity contribution in [1.82, 2.24) is 4.90 Å². The third kappa shape index (κ3) is 4.59. The number of hydrogen-bond donors (Lipinski definition) is 1. The van der Waals surface area contributed by atoms with Gasteiger partial charge in [0.25, 0.3) is 0 Å². The van der Waals surface area contributed by atoms with Crippen molar-refractivity contribution < 1.29 is 32.6 Å². The molecule has 0 saturated carbocycles. The van der Waals surface area contributed by atoms with Crippen LogP contribution in [0, 0.1) is 5.92 Å². The molecule has 0 aromatic heterocycles. The number of rotatable bonds is 12. The molecule has 2 rings (SSSR count). The number of hydrogen-bond acceptors (Lipinski definition) is 6. The molecule has 9 heteroatoms. The molecule has 1 N–H and O–H groups in total. The first kappa shape index (κ1) is 23.6. The van der Waals surface area contributed by atoms with Gasteiger partial charge in [-0.3, -0.25) is 9.59 Å². The summed E-state index contributed by atoms with van der Waals surface area (Å²) in [5, 5.41) is 8.15. The molecule has 0 aliphatic carbocycles. The van der Waals surface area contributed by atoms with E-state index in [9.17, 15) is 27.9 Å². The SMILES string of the molecule is CCCCCCCCCCC(=O)OC[C@H]1C(=O)N2[C@@H](C(=O)O)C(C)(C)S(=O)(=O)[C@H]12.